The summed E-state index contributed by atoms with van der Waals surface area (Å²) in [5.74, 6) is -0.488. The van der Waals surface area contributed by atoms with Gasteiger partial charge in [0.1, 0.15) is 11.9 Å². The summed E-state index contributed by atoms with van der Waals surface area (Å²) in [6.45, 7) is 3.76. The Labute approximate surface area is 273 Å². The van der Waals surface area contributed by atoms with Crippen LogP contribution in [0.5, 0.6) is 0 Å². The number of carbonyl (C=O) groups excluding carboxylic acids is 2. The maximum Gasteiger partial charge on any atom is 0.309 e. The van der Waals surface area contributed by atoms with Crippen molar-refractivity contribution in [3.63, 3.8) is 0 Å². The molecule has 262 valence electrons. The molecule has 3 heterocycles. The van der Waals surface area contributed by atoms with Gasteiger partial charge in [0, 0.05) is 6.42 Å². The van der Waals surface area contributed by atoms with E-state index in [0.29, 0.717) is 12.8 Å². The van der Waals surface area contributed by atoms with E-state index in [1.807, 2.05) is 0 Å². The third-order valence-electron chi connectivity index (χ3n) is 10.3. The monoisotopic (exact) mass is 638 g/mol. The number of carbonyl (C=O) groups is 2. The van der Waals surface area contributed by atoms with E-state index < -0.39 is 6.10 Å². The maximum atomic E-state index is 11.9. The summed E-state index contributed by atoms with van der Waals surface area (Å²) in [5, 5.41) is 31.8. The quantitative estimate of drug-likeness (QED) is 0.0714. The fourth-order valence-corrected chi connectivity index (χ4v) is 7.57. The molecule has 3 aliphatic heterocycles. The molecule has 3 rings (SSSR count). The first-order valence-electron chi connectivity index (χ1n) is 18.8. The second-order valence-corrected chi connectivity index (χ2v) is 14.5. The van der Waals surface area contributed by atoms with Crippen molar-refractivity contribution >= 4 is 11.8 Å². The molecule has 0 aliphatic carbocycles. The van der Waals surface area contributed by atoms with E-state index in [9.17, 15) is 24.9 Å². The Morgan fingerprint density at radius 1 is 0.711 bits per heavy atom. The number of esters is 1. The Morgan fingerprint density at radius 3 is 1.76 bits per heavy atom. The summed E-state index contributed by atoms with van der Waals surface area (Å²) in [6, 6.07) is 0. The molecule has 0 aromatic heterocycles. The van der Waals surface area contributed by atoms with Crippen molar-refractivity contribution in [3.05, 3.63) is 0 Å². The van der Waals surface area contributed by atoms with Crippen LogP contribution >= 0.6 is 0 Å². The van der Waals surface area contributed by atoms with Gasteiger partial charge in [0.15, 0.2) is 0 Å². The first-order chi connectivity index (χ1) is 21.8. The molecule has 0 saturated carbocycles. The Balaban J connectivity index is 1.16. The van der Waals surface area contributed by atoms with Gasteiger partial charge in [0.05, 0.1) is 48.6 Å². The van der Waals surface area contributed by atoms with Gasteiger partial charge < -0.3 is 34.3 Å². The highest BCUT2D eigenvalue weighted by atomic mass is 16.6. The second-order valence-electron chi connectivity index (χ2n) is 14.5. The first kappa shape index (κ1) is 38.4. The molecule has 0 aromatic rings. The topological polar surface area (TPSA) is 123 Å². The Hall–Kier alpha value is -1.06. The predicted octanol–water partition coefficient (Wildman–Crippen LogP) is 7.12. The molecule has 0 bridgehead atoms. The van der Waals surface area contributed by atoms with Crippen molar-refractivity contribution in [1.82, 2.24) is 0 Å². The van der Waals surface area contributed by atoms with E-state index in [2.05, 4.69) is 6.92 Å². The molecule has 0 spiro atoms. The lowest BCUT2D eigenvalue weighted by Crippen LogP contribution is -2.33. The lowest BCUT2D eigenvalue weighted by molar-refractivity contribution is -0.145. The predicted molar refractivity (Wildman–Crippen MR) is 176 cm³/mol. The fraction of sp³-hybridized carbons (Fsp3) is 0.946. The lowest BCUT2D eigenvalue weighted by Gasteiger charge is -2.24. The number of Topliss-reactive ketones (excluding diaryl/α,β-unsaturated/α-hetero) is 1. The van der Waals surface area contributed by atoms with Crippen LogP contribution in [0.2, 0.25) is 0 Å². The normalized spacial score (nSPS) is 28.8. The number of cyclic esters (lactones) is 1. The van der Waals surface area contributed by atoms with Crippen LogP contribution in [0.1, 0.15) is 168 Å². The first-order valence-corrected chi connectivity index (χ1v) is 18.8. The van der Waals surface area contributed by atoms with E-state index in [1.165, 1.54) is 51.9 Å². The van der Waals surface area contributed by atoms with Gasteiger partial charge >= 0.3 is 5.97 Å². The van der Waals surface area contributed by atoms with E-state index in [0.717, 1.165) is 89.9 Å². The summed E-state index contributed by atoms with van der Waals surface area (Å²) < 4.78 is 17.9. The smallest absolute Gasteiger partial charge is 0.309 e. The third-order valence-corrected chi connectivity index (χ3v) is 10.3. The highest BCUT2D eigenvalue weighted by molar-refractivity contribution is 5.83. The zero-order chi connectivity index (χ0) is 32.4. The van der Waals surface area contributed by atoms with Crippen molar-refractivity contribution in [2.75, 3.05) is 0 Å². The van der Waals surface area contributed by atoms with Crippen molar-refractivity contribution in [1.29, 1.82) is 0 Å². The molecule has 9 atom stereocenters. The van der Waals surface area contributed by atoms with Crippen molar-refractivity contribution < 1.29 is 39.1 Å². The van der Waals surface area contributed by atoms with Crippen LogP contribution in [0.3, 0.4) is 0 Å². The number of aliphatic hydroxyl groups is 3. The van der Waals surface area contributed by atoms with Gasteiger partial charge in [-0.15, -0.1) is 0 Å². The van der Waals surface area contributed by atoms with Crippen LogP contribution in [0.4, 0.5) is 0 Å². The van der Waals surface area contributed by atoms with Crippen molar-refractivity contribution in [2.45, 2.75) is 217 Å². The van der Waals surface area contributed by atoms with Gasteiger partial charge in [-0.25, -0.2) is 0 Å². The average molecular weight is 639 g/mol. The minimum absolute atomic E-state index is 0.0165. The number of hydrogen-bond acceptors (Lipinski definition) is 8. The molecule has 3 saturated heterocycles. The largest absolute Gasteiger partial charge is 0.462 e. The van der Waals surface area contributed by atoms with Gasteiger partial charge in [-0.2, -0.15) is 0 Å². The van der Waals surface area contributed by atoms with E-state index in [1.54, 1.807) is 0 Å². The number of hydrogen-bond donors (Lipinski definition) is 3. The van der Waals surface area contributed by atoms with Gasteiger partial charge in [0.25, 0.3) is 0 Å². The fourth-order valence-electron chi connectivity index (χ4n) is 7.57. The highest BCUT2D eigenvalue weighted by Crippen LogP contribution is 2.35. The SMILES string of the molecule is CCCCCCCCCC[C@@H](O)[C@H]1CC[C@H]([C@H]2CC[C@H]([C@H](O)CCCCC[C@@H](O)CCCCC3CC(CC(C)=O)C(=O)O3)O2)O1. The molecule has 8 nitrogen and oxygen atoms in total. The molecule has 8 heteroatoms. The molecule has 3 fully saturated rings. The molecule has 3 aliphatic rings. The van der Waals surface area contributed by atoms with Gasteiger partial charge in [-0.1, -0.05) is 84.0 Å². The second kappa shape index (κ2) is 21.7. The molecule has 0 amide bonds. The minimum atomic E-state index is -0.468. The van der Waals surface area contributed by atoms with Crippen LogP contribution < -0.4 is 0 Å². The number of rotatable bonds is 25. The van der Waals surface area contributed by atoms with Crippen molar-refractivity contribution in [2.24, 2.45) is 5.92 Å². The number of ketones is 1. The van der Waals surface area contributed by atoms with Crippen LogP contribution in [-0.4, -0.2) is 75.9 Å². The molecular weight excluding hydrogens is 572 g/mol. The minimum Gasteiger partial charge on any atom is -0.462 e. The summed E-state index contributed by atoms with van der Waals surface area (Å²) in [5.41, 5.74) is 0. The zero-order valence-electron chi connectivity index (χ0n) is 28.5. The summed E-state index contributed by atoms with van der Waals surface area (Å²) in [4.78, 5) is 23.1. The van der Waals surface area contributed by atoms with Gasteiger partial charge in [-0.05, 0) is 77.6 Å². The van der Waals surface area contributed by atoms with Crippen LogP contribution in [0.15, 0.2) is 0 Å². The summed E-state index contributed by atoms with van der Waals surface area (Å²) in [7, 11) is 0. The molecule has 0 aromatic carbocycles. The van der Waals surface area contributed by atoms with Gasteiger partial charge in [-0.3, -0.25) is 4.79 Å². The van der Waals surface area contributed by atoms with Crippen molar-refractivity contribution in [3.8, 4) is 0 Å². The molecular formula is C37H66O8. The zero-order valence-corrected chi connectivity index (χ0v) is 28.5. The van der Waals surface area contributed by atoms with Crippen LogP contribution in [0, 0.1) is 5.92 Å². The summed E-state index contributed by atoms with van der Waals surface area (Å²) >= 11 is 0. The average Bonchev–Trinajstić information content (AvgIpc) is 3.77. The number of ether oxygens (including phenoxy) is 3. The number of aliphatic hydroxyl groups excluding tert-OH is 3. The molecule has 2 unspecified atom stereocenters. The highest BCUT2D eigenvalue weighted by Gasteiger charge is 2.40. The summed E-state index contributed by atoms with van der Waals surface area (Å²) in [6.07, 6.45) is 21.7. The Bertz CT molecular complexity index is 820. The Morgan fingerprint density at radius 2 is 1.20 bits per heavy atom. The molecule has 3 N–H and O–H groups in total. The van der Waals surface area contributed by atoms with Crippen LogP contribution in [0.25, 0.3) is 0 Å². The van der Waals surface area contributed by atoms with E-state index >= 15 is 0 Å². The third kappa shape index (κ3) is 14.7. The number of unbranched alkanes of at least 4 members (excludes halogenated alkanes) is 10. The van der Waals surface area contributed by atoms with E-state index in [-0.39, 0.29) is 66.8 Å². The lowest BCUT2D eigenvalue weighted by atomic mass is 9.96. The Kier molecular flexibility index (Phi) is 18.5. The standard InChI is InChI=1S/C37H66O8/c1-3-4-5-6-7-8-9-12-19-31(40)33-21-23-35(44-33)36-24-22-34(45-36)32(41)20-13-10-11-16-29(39)17-14-15-18-30-26-28(25-27(2)38)37(42)43-30/h28-36,39-41H,3-26H2,1-2H3/t28?,29-,30?,31-,32-,33-,34-,35-,36-/m1/s1. The van der Waals surface area contributed by atoms with Crippen LogP contribution in [-0.2, 0) is 23.8 Å². The molecule has 45 heavy (non-hydrogen) atoms. The maximum absolute atomic E-state index is 11.9. The van der Waals surface area contributed by atoms with Gasteiger partial charge in [0.2, 0.25) is 0 Å². The molecule has 0 radical (unpaired) electrons. The van der Waals surface area contributed by atoms with E-state index in [4.69, 9.17) is 14.2 Å².